The van der Waals surface area contributed by atoms with E-state index in [1.54, 1.807) is 18.5 Å². The molecule has 5 heteroatoms. The zero-order valence-corrected chi connectivity index (χ0v) is 12.6. The van der Waals surface area contributed by atoms with E-state index in [4.69, 9.17) is 0 Å². The van der Waals surface area contributed by atoms with E-state index in [1.165, 1.54) is 0 Å². The fraction of sp³-hybridized carbons (Fsp3) is 0.200. The number of aromatic hydroxyl groups is 1. The van der Waals surface area contributed by atoms with Gasteiger partial charge in [-0.1, -0.05) is 22.9 Å². The number of phenols is 1. The third-order valence-electron chi connectivity index (χ3n) is 3.20. The molecule has 2 heterocycles. The van der Waals surface area contributed by atoms with Crippen LogP contribution in [0.25, 0.3) is 22.4 Å². The van der Waals surface area contributed by atoms with Gasteiger partial charge in [0.2, 0.25) is 0 Å². The highest BCUT2D eigenvalue weighted by Gasteiger charge is 2.15. The van der Waals surface area contributed by atoms with Crippen LogP contribution in [-0.2, 0) is 6.54 Å². The van der Waals surface area contributed by atoms with E-state index in [0.29, 0.717) is 0 Å². The molecular formula is C15H14BrN3O. The largest absolute Gasteiger partial charge is 0.507 e. The first-order valence-corrected chi connectivity index (χ1v) is 7.29. The predicted octanol–water partition coefficient (Wildman–Crippen LogP) is 3.98. The fourth-order valence-corrected chi connectivity index (χ4v) is 2.68. The van der Waals surface area contributed by atoms with Crippen LogP contribution < -0.4 is 0 Å². The second-order valence-electron chi connectivity index (χ2n) is 4.61. The number of hydrogen-bond donors (Lipinski definition) is 1. The topological polar surface area (TPSA) is 50.9 Å². The van der Waals surface area contributed by atoms with Crippen LogP contribution in [-0.4, -0.2) is 19.6 Å². The van der Waals surface area contributed by atoms with Gasteiger partial charge in [0, 0.05) is 17.2 Å². The smallest absolute Gasteiger partial charge is 0.144 e. The molecule has 102 valence electrons. The summed E-state index contributed by atoms with van der Waals surface area (Å²) in [5.41, 5.74) is 2.62. The summed E-state index contributed by atoms with van der Waals surface area (Å²) in [5, 5.41) is 10.2. The number of fused-ring (bicyclic) bond motifs is 1. The van der Waals surface area contributed by atoms with Crippen molar-refractivity contribution in [1.82, 2.24) is 14.5 Å². The van der Waals surface area contributed by atoms with Gasteiger partial charge in [0.1, 0.15) is 17.1 Å². The lowest BCUT2D eigenvalue weighted by Gasteiger charge is -2.09. The zero-order valence-electron chi connectivity index (χ0n) is 11.0. The van der Waals surface area contributed by atoms with Crippen LogP contribution in [0.1, 0.15) is 13.3 Å². The molecule has 20 heavy (non-hydrogen) atoms. The van der Waals surface area contributed by atoms with Gasteiger partial charge in [-0.3, -0.25) is 4.98 Å². The zero-order chi connectivity index (χ0) is 14.1. The Bertz CT molecular complexity index is 767. The molecule has 0 aliphatic rings. The van der Waals surface area contributed by atoms with Gasteiger partial charge in [-0.05, 0) is 30.7 Å². The number of rotatable bonds is 3. The molecule has 3 rings (SSSR count). The molecular weight excluding hydrogens is 318 g/mol. The number of pyridine rings is 1. The minimum Gasteiger partial charge on any atom is -0.507 e. The molecule has 0 saturated carbocycles. The minimum absolute atomic E-state index is 0.222. The average Bonchev–Trinajstić information content (AvgIpc) is 2.78. The Balaban J connectivity index is 2.26. The van der Waals surface area contributed by atoms with Gasteiger partial charge in [-0.25, -0.2) is 4.98 Å². The van der Waals surface area contributed by atoms with E-state index in [2.05, 4.69) is 37.4 Å². The van der Waals surface area contributed by atoms with Crippen molar-refractivity contribution in [3.63, 3.8) is 0 Å². The van der Waals surface area contributed by atoms with Crippen LogP contribution >= 0.6 is 15.9 Å². The Kier molecular flexibility index (Phi) is 3.44. The van der Waals surface area contributed by atoms with Crippen molar-refractivity contribution in [3.8, 4) is 17.1 Å². The average molecular weight is 332 g/mol. The van der Waals surface area contributed by atoms with Crippen LogP contribution in [0.4, 0.5) is 0 Å². The van der Waals surface area contributed by atoms with Gasteiger partial charge in [-0.2, -0.15) is 0 Å². The van der Waals surface area contributed by atoms with E-state index in [0.717, 1.165) is 39.9 Å². The van der Waals surface area contributed by atoms with Crippen LogP contribution in [0.2, 0.25) is 0 Å². The SMILES string of the molecule is CCCn1c(-c2ccc(Br)cc2O)nc2cnccc21. The third kappa shape index (κ3) is 2.18. The number of phenolic OH excluding ortho intramolecular Hbond substituents is 1. The summed E-state index contributed by atoms with van der Waals surface area (Å²) in [5.74, 6) is 1.000. The summed E-state index contributed by atoms with van der Waals surface area (Å²) in [6.45, 7) is 2.98. The molecule has 0 aliphatic heterocycles. The first-order chi connectivity index (χ1) is 9.70. The second kappa shape index (κ2) is 5.25. The summed E-state index contributed by atoms with van der Waals surface area (Å²) in [6, 6.07) is 7.42. The molecule has 1 N–H and O–H groups in total. The first kappa shape index (κ1) is 13.1. The van der Waals surface area contributed by atoms with Gasteiger partial charge in [-0.15, -0.1) is 0 Å². The van der Waals surface area contributed by atoms with Crippen molar-refractivity contribution in [2.75, 3.05) is 0 Å². The fourth-order valence-electron chi connectivity index (χ4n) is 2.33. The molecule has 0 fully saturated rings. The third-order valence-corrected chi connectivity index (χ3v) is 3.69. The maximum atomic E-state index is 10.2. The number of nitrogens with zero attached hydrogens (tertiary/aromatic N) is 3. The van der Waals surface area contributed by atoms with Gasteiger partial charge in [0.15, 0.2) is 0 Å². The molecule has 2 aromatic heterocycles. The molecule has 0 radical (unpaired) electrons. The molecule has 0 aliphatic carbocycles. The van der Waals surface area contributed by atoms with E-state index >= 15 is 0 Å². The normalized spacial score (nSPS) is 11.1. The summed E-state index contributed by atoms with van der Waals surface area (Å²) in [6.07, 6.45) is 4.51. The van der Waals surface area contributed by atoms with Crippen LogP contribution in [0.3, 0.4) is 0 Å². The maximum absolute atomic E-state index is 10.2. The number of imidazole rings is 1. The van der Waals surface area contributed by atoms with Gasteiger partial charge < -0.3 is 9.67 Å². The quantitative estimate of drug-likeness (QED) is 0.789. The summed E-state index contributed by atoms with van der Waals surface area (Å²) in [7, 11) is 0. The number of aromatic nitrogens is 3. The number of hydrogen-bond acceptors (Lipinski definition) is 3. The van der Waals surface area contributed by atoms with Crippen molar-refractivity contribution in [1.29, 1.82) is 0 Å². The Morgan fingerprint density at radius 1 is 1.30 bits per heavy atom. The Hall–Kier alpha value is -1.88. The molecule has 0 amide bonds. The van der Waals surface area contributed by atoms with Crippen molar-refractivity contribution in [3.05, 3.63) is 41.1 Å². The van der Waals surface area contributed by atoms with Crippen molar-refractivity contribution in [2.24, 2.45) is 0 Å². The monoisotopic (exact) mass is 331 g/mol. The maximum Gasteiger partial charge on any atom is 0.144 e. The molecule has 0 spiro atoms. The summed E-state index contributed by atoms with van der Waals surface area (Å²) in [4.78, 5) is 8.73. The molecule has 0 unspecified atom stereocenters. The second-order valence-corrected chi connectivity index (χ2v) is 5.53. The van der Waals surface area contributed by atoms with Crippen LogP contribution in [0.15, 0.2) is 41.1 Å². The lowest BCUT2D eigenvalue weighted by molar-refractivity contribution is 0.476. The van der Waals surface area contributed by atoms with Gasteiger partial charge in [0.05, 0.1) is 17.3 Å². The first-order valence-electron chi connectivity index (χ1n) is 6.50. The van der Waals surface area contributed by atoms with Crippen molar-refractivity contribution in [2.45, 2.75) is 19.9 Å². The highest BCUT2D eigenvalue weighted by molar-refractivity contribution is 9.10. The van der Waals surface area contributed by atoms with E-state index < -0.39 is 0 Å². The Morgan fingerprint density at radius 2 is 2.15 bits per heavy atom. The van der Waals surface area contributed by atoms with Gasteiger partial charge in [0.25, 0.3) is 0 Å². The number of halogens is 1. The van der Waals surface area contributed by atoms with E-state index in [1.807, 2.05) is 18.2 Å². The number of benzene rings is 1. The summed E-state index contributed by atoms with van der Waals surface area (Å²) >= 11 is 3.36. The highest BCUT2D eigenvalue weighted by Crippen LogP contribution is 2.33. The number of aryl methyl sites for hydroxylation is 1. The lowest BCUT2D eigenvalue weighted by Crippen LogP contribution is -1.99. The standard InChI is InChI=1S/C15H14BrN3O/c1-2-7-19-13-5-6-17-9-12(13)18-15(19)11-4-3-10(16)8-14(11)20/h3-6,8-9,20H,2,7H2,1H3. The molecule has 1 aromatic carbocycles. The lowest BCUT2D eigenvalue weighted by atomic mass is 10.2. The van der Waals surface area contributed by atoms with Gasteiger partial charge >= 0.3 is 0 Å². The van der Waals surface area contributed by atoms with Crippen LogP contribution in [0.5, 0.6) is 5.75 Å². The Labute approximate surface area is 125 Å². The predicted molar refractivity (Wildman–Crippen MR) is 82.6 cm³/mol. The molecule has 0 atom stereocenters. The van der Waals surface area contributed by atoms with Crippen LogP contribution in [0, 0.1) is 0 Å². The summed E-state index contributed by atoms with van der Waals surface area (Å²) < 4.78 is 2.97. The highest BCUT2D eigenvalue weighted by atomic mass is 79.9. The Morgan fingerprint density at radius 3 is 2.90 bits per heavy atom. The molecule has 4 nitrogen and oxygen atoms in total. The van der Waals surface area contributed by atoms with E-state index in [-0.39, 0.29) is 5.75 Å². The van der Waals surface area contributed by atoms with E-state index in [9.17, 15) is 5.11 Å². The molecule has 3 aromatic rings. The molecule has 0 bridgehead atoms. The minimum atomic E-state index is 0.222. The van der Waals surface area contributed by atoms with Crippen molar-refractivity contribution < 1.29 is 5.11 Å². The molecule has 0 saturated heterocycles. The van der Waals surface area contributed by atoms with Crippen molar-refractivity contribution >= 4 is 27.0 Å².